The van der Waals surface area contributed by atoms with Gasteiger partial charge in [0, 0.05) is 12.2 Å². The molecule has 1 amide bonds. The van der Waals surface area contributed by atoms with E-state index in [1.54, 1.807) is 12.1 Å². The van der Waals surface area contributed by atoms with E-state index in [-0.39, 0.29) is 18.2 Å². The Labute approximate surface area is 197 Å². The molecule has 10 nitrogen and oxygen atoms in total. The molecule has 1 aromatic rings. The van der Waals surface area contributed by atoms with Crippen LogP contribution in [0.15, 0.2) is 29.4 Å². The molecule has 0 saturated carbocycles. The van der Waals surface area contributed by atoms with Gasteiger partial charge < -0.3 is 33.4 Å². The number of hydrogen-bond donors (Lipinski definition) is 1. The van der Waals surface area contributed by atoms with Gasteiger partial charge in [0.2, 0.25) is 4.91 Å². The molecule has 0 aromatic heterocycles. The fourth-order valence-corrected chi connectivity index (χ4v) is 3.39. The Hall–Kier alpha value is -2.14. The minimum atomic E-state index is -1.85. The summed E-state index contributed by atoms with van der Waals surface area (Å²) in [4.78, 5) is 15.6. The first kappa shape index (κ1) is 28.9. The number of anilines is 1. The van der Waals surface area contributed by atoms with Crippen molar-refractivity contribution in [1.82, 2.24) is 4.91 Å². The maximum absolute atomic E-state index is 11.6. The molecule has 0 spiro atoms. The van der Waals surface area contributed by atoms with Crippen LogP contribution in [-0.2, 0) is 25.2 Å². The lowest BCUT2D eigenvalue weighted by Gasteiger charge is -2.36. The fraction of sp³-hybridized carbons (Fsp3) is 0.682. The van der Waals surface area contributed by atoms with Crippen LogP contribution in [0.2, 0.25) is 18.1 Å². The van der Waals surface area contributed by atoms with Gasteiger partial charge in [0.15, 0.2) is 8.32 Å². The van der Waals surface area contributed by atoms with Crippen molar-refractivity contribution in [2.24, 2.45) is 5.11 Å². The van der Waals surface area contributed by atoms with Crippen LogP contribution in [0.5, 0.6) is 0 Å². The van der Waals surface area contributed by atoms with Gasteiger partial charge in [-0.05, 0) is 35.8 Å². The van der Waals surface area contributed by atoms with Crippen molar-refractivity contribution in [1.29, 1.82) is 5.53 Å². The summed E-state index contributed by atoms with van der Waals surface area (Å²) in [7, 11) is -1.85. The van der Waals surface area contributed by atoms with Crippen LogP contribution in [0, 0.1) is 5.53 Å². The maximum Gasteiger partial charge on any atom is 0.214 e. The van der Waals surface area contributed by atoms with Gasteiger partial charge in [-0.3, -0.25) is 0 Å². The van der Waals surface area contributed by atoms with Crippen LogP contribution in [0.3, 0.4) is 0 Å². The average Bonchev–Trinajstić information content (AvgIpc) is 2.75. The number of carbonyl (C=O) groups excluding carboxylic acids is 1. The van der Waals surface area contributed by atoms with E-state index in [2.05, 4.69) is 43.9 Å². The third-order valence-electron chi connectivity index (χ3n) is 5.48. The molecule has 1 rings (SSSR count). The van der Waals surface area contributed by atoms with Crippen LogP contribution >= 0.6 is 0 Å². The Morgan fingerprint density at radius 2 is 1.58 bits per heavy atom. The largest absolute Gasteiger partial charge is 0.530 e. The standard InChI is InChI=1S/C22H38N4O6Si/c1-22(2,3)33(4,5)32-18-19-6-8-20(9-7-19)26(21(27)28)11-13-30-15-17-31-16-14-29-12-10-24-25-23/h6-9,23H,10-18H2,1-5H3. The zero-order chi connectivity index (χ0) is 24.7. The van der Waals surface area contributed by atoms with E-state index in [1.807, 2.05) is 12.1 Å². The quantitative estimate of drug-likeness (QED) is 0.167. The van der Waals surface area contributed by atoms with Gasteiger partial charge in [-0.15, -0.1) is 0 Å². The van der Waals surface area contributed by atoms with Crippen molar-refractivity contribution in [2.75, 3.05) is 57.6 Å². The van der Waals surface area contributed by atoms with Crippen LogP contribution in [0.1, 0.15) is 26.3 Å². The molecular formula is C22H38N4O6Si. The van der Waals surface area contributed by atoms with Crippen molar-refractivity contribution >= 4 is 20.1 Å². The number of ether oxygens (including phenoxy) is 3. The summed E-state index contributed by atoms with van der Waals surface area (Å²) < 4.78 is 22.3. The van der Waals surface area contributed by atoms with Crippen molar-refractivity contribution in [3.8, 4) is 0 Å². The number of rotatable bonds is 16. The Kier molecular flexibility index (Phi) is 13.0. The summed E-state index contributed by atoms with van der Waals surface area (Å²) in [5.41, 5.74) is 8.04. The molecule has 0 radical (unpaired) electrons. The molecule has 0 aliphatic carbocycles. The molecule has 1 N–H and O–H groups in total. The van der Waals surface area contributed by atoms with E-state index in [0.717, 1.165) is 10.5 Å². The summed E-state index contributed by atoms with van der Waals surface area (Å²) in [5.74, 6) is 0. The number of carbonyl (C=O) groups is 1. The molecule has 33 heavy (non-hydrogen) atoms. The van der Waals surface area contributed by atoms with E-state index in [1.165, 1.54) is 0 Å². The van der Waals surface area contributed by atoms with Crippen molar-refractivity contribution in [3.63, 3.8) is 0 Å². The number of nitrogens with zero attached hydrogens (tertiary/aromatic N) is 3. The Bertz CT molecular complexity index is 748. The van der Waals surface area contributed by atoms with E-state index in [0.29, 0.717) is 51.9 Å². The Morgan fingerprint density at radius 1 is 1.03 bits per heavy atom. The molecular weight excluding hydrogens is 444 g/mol. The van der Waals surface area contributed by atoms with Crippen LogP contribution in [0.25, 0.3) is 0 Å². The number of carboxylic acid groups (broad SMARTS) is 1. The summed E-state index contributed by atoms with van der Waals surface area (Å²) >= 11 is 0. The van der Waals surface area contributed by atoms with Crippen molar-refractivity contribution in [3.05, 3.63) is 29.8 Å². The second-order valence-electron chi connectivity index (χ2n) is 8.94. The van der Waals surface area contributed by atoms with E-state index in [9.17, 15) is 9.90 Å². The first-order chi connectivity index (χ1) is 15.6. The smallest absolute Gasteiger partial charge is 0.214 e. The fourth-order valence-electron chi connectivity index (χ4n) is 2.43. The Balaban J connectivity index is 2.33. The average molecular weight is 483 g/mol. The maximum atomic E-state index is 11.6. The third-order valence-corrected chi connectivity index (χ3v) is 9.96. The lowest BCUT2D eigenvalue weighted by molar-refractivity contribution is -0.246. The molecule has 0 saturated heterocycles. The zero-order valence-corrected chi connectivity index (χ0v) is 21.5. The zero-order valence-electron chi connectivity index (χ0n) is 20.5. The van der Waals surface area contributed by atoms with Gasteiger partial charge >= 0.3 is 0 Å². The molecule has 0 heterocycles. The lowest BCUT2D eigenvalue weighted by Crippen LogP contribution is -2.43. The second-order valence-corrected chi connectivity index (χ2v) is 13.7. The molecule has 0 aliphatic rings. The number of benzene rings is 1. The number of hydrogen-bond acceptors (Lipinski definition) is 8. The van der Waals surface area contributed by atoms with Gasteiger partial charge in [0.1, 0.15) is 23.3 Å². The normalized spacial score (nSPS) is 11.8. The van der Waals surface area contributed by atoms with Gasteiger partial charge in [-0.1, -0.05) is 32.9 Å². The summed E-state index contributed by atoms with van der Waals surface area (Å²) in [6, 6.07) is 7.28. The molecule has 0 aliphatic heterocycles. The highest BCUT2D eigenvalue weighted by molar-refractivity contribution is 6.74. The van der Waals surface area contributed by atoms with Crippen LogP contribution < -0.4 is 14.9 Å². The lowest BCUT2D eigenvalue weighted by atomic mass is 10.2. The molecule has 0 atom stereocenters. The van der Waals surface area contributed by atoms with E-state index in [4.69, 9.17) is 24.2 Å². The first-order valence-corrected chi connectivity index (χ1v) is 14.0. The molecule has 0 fully saturated rings. The van der Waals surface area contributed by atoms with Crippen LogP contribution in [-0.4, -0.2) is 67.1 Å². The summed E-state index contributed by atoms with van der Waals surface area (Å²) in [6.45, 7) is 14.2. The number of nitrogens with one attached hydrogen (secondary N) is 1. The second kappa shape index (κ2) is 14.9. The topological polar surface area (TPSA) is 131 Å². The predicted molar refractivity (Wildman–Crippen MR) is 126 cm³/mol. The molecule has 0 bridgehead atoms. The minimum Gasteiger partial charge on any atom is -0.530 e. The minimum absolute atomic E-state index is 0.132. The molecule has 0 unspecified atom stereocenters. The number of amides is 1. The monoisotopic (exact) mass is 482 g/mol. The Morgan fingerprint density at radius 3 is 2.09 bits per heavy atom. The van der Waals surface area contributed by atoms with E-state index >= 15 is 0 Å². The highest BCUT2D eigenvalue weighted by Crippen LogP contribution is 2.37. The van der Waals surface area contributed by atoms with Gasteiger partial charge in [-0.25, -0.2) is 0 Å². The highest BCUT2D eigenvalue weighted by atomic mass is 28.4. The van der Waals surface area contributed by atoms with E-state index < -0.39 is 14.4 Å². The van der Waals surface area contributed by atoms with Crippen LogP contribution in [0.4, 0.5) is 10.5 Å². The molecule has 186 valence electrons. The predicted octanol–water partition coefficient (Wildman–Crippen LogP) is 2.96. The molecule has 11 heteroatoms. The van der Waals surface area contributed by atoms with Gasteiger partial charge in [0.05, 0.1) is 46.2 Å². The van der Waals surface area contributed by atoms with Gasteiger partial charge in [-0.2, -0.15) is 0 Å². The van der Waals surface area contributed by atoms with Crippen molar-refractivity contribution < 1.29 is 28.5 Å². The van der Waals surface area contributed by atoms with Gasteiger partial charge in [0.25, 0.3) is 0 Å². The molecule has 1 aromatic carbocycles. The summed E-state index contributed by atoms with van der Waals surface area (Å²) in [5, 5.41) is 15.2. The summed E-state index contributed by atoms with van der Waals surface area (Å²) in [6.07, 6.45) is -1.28. The highest BCUT2D eigenvalue weighted by Gasteiger charge is 2.36. The third kappa shape index (κ3) is 11.5. The van der Waals surface area contributed by atoms with Crippen molar-refractivity contribution in [2.45, 2.75) is 45.5 Å². The first-order valence-electron chi connectivity index (χ1n) is 11.1. The SMILES string of the molecule is CC(C)(C)[Si](C)(C)OCc1ccc(N(CCOCCOCCOCCN=[N+]=N)C(=O)[O-])cc1.